The highest BCUT2D eigenvalue weighted by atomic mass is 16.2. The van der Waals surface area contributed by atoms with Gasteiger partial charge < -0.3 is 15.2 Å². The van der Waals surface area contributed by atoms with Crippen molar-refractivity contribution >= 4 is 11.8 Å². The first-order chi connectivity index (χ1) is 14.6. The Labute approximate surface area is 176 Å². The summed E-state index contributed by atoms with van der Waals surface area (Å²) >= 11 is 0. The first-order valence-electron chi connectivity index (χ1n) is 10.3. The number of rotatable bonds is 4. The molecule has 2 heterocycles. The molecule has 0 saturated carbocycles. The molecule has 0 bridgehead atoms. The molecule has 2 aromatic carbocycles. The van der Waals surface area contributed by atoms with Crippen LogP contribution in [0.4, 0.5) is 0 Å². The van der Waals surface area contributed by atoms with Gasteiger partial charge >= 0.3 is 11.8 Å². The number of piperidine rings is 1. The van der Waals surface area contributed by atoms with E-state index in [1.54, 1.807) is 11.2 Å². The quantitative estimate of drug-likeness (QED) is 0.657. The molecular formula is C24H26N4O2. The van der Waals surface area contributed by atoms with Crippen molar-refractivity contribution in [3.8, 4) is 11.1 Å². The van der Waals surface area contributed by atoms with Gasteiger partial charge in [-0.15, -0.1) is 0 Å². The fraction of sp³-hybridized carbons (Fsp3) is 0.292. The molecule has 1 aromatic heterocycles. The number of benzene rings is 2. The highest BCUT2D eigenvalue weighted by molar-refractivity contribution is 6.35. The molecule has 1 aliphatic heterocycles. The summed E-state index contributed by atoms with van der Waals surface area (Å²) in [6.45, 7) is 3.55. The molecule has 1 fully saturated rings. The Kier molecular flexibility index (Phi) is 5.93. The number of likely N-dealkylation sites (tertiary alicyclic amines) is 1. The second kappa shape index (κ2) is 8.95. The molecule has 4 rings (SSSR count). The number of aromatic amines is 1. The lowest BCUT2D eigenvalue weighted by Crippen LogP contribution is -2.46. The van der Waals surface area contributed by atoms with Gasteiger partial charge in [0.2, 0.25) is 0 Å². The van der Waals surface area contributed by atoms with Gasteiger partial charge in [-0.25, -0.2) is 4.98 Å². The summed E-state index contributed by atoms with van der Waals surface area (Å²) < 4.78 is 0. The number of amides is 2. The summed E-state index contributed by atoms with van der Waals surface area (Å²) in [7, 11) is 0. The minimum absolute atomic E-state index is 0.328. The third-order valence-corrected chi connectivity index (χ3v) is 5.70. The zero-order valence-corrected chi connectivity index (χ0v) is 17.1. The van der Waals surface area contributed by atoms with Gasteiger partial charge in [0.05, 0.1) is 6.33 Å². The molecule has 0 unspecified atom stereocenters. The fourth-order valence-corrected chi connectivity index (χ4v) is 3.89. The standard InChI is InChI=1S/C24H26N4O2/c1-17-5-7-19(8-6-17)21-4-2-3-18(13-21)14-26-23(29)24(30)28-11-9-20(10-12-28)22-15-25-16-27-22/h2-8,13,15-16,20H,9-12,14H2,1H3,(H,25,27)(H,26,29). The third-order valence-electron chi connectivity index (χ3n) is 5.70. The van der Waals surface area contributed by atoms with Crippen LogP contribution in [0.5, 0.6) is 0 Å². The van der Waals surface area contributed by atoms with Crippen LogP contribution in [0.25, 0.3) is 11.1 Å². The van der Waals surface area contributed by atoms with E-state index in [9.17, 15) is 9.59 Å². The topological polar surface area (TPSA) is 78.1 Å². The average molecular weight is 402 g/mol. The number of nitrogens with one attached hydrogen (secondary N) is 2. The molecule has 1 saturated heterocycles. The van der Waals surface area contributed by atoms with Crippen LogP contribution in [-0.2, 0) is 16.1 Å². The molecule has 6 heteroatoms. The van der Waals surface area contributed by atoms with Crippen LogP contribution in [0.15, 0.2) is 61.1 Å². The summed E-state index contributed by atoms with van der Waals surface area (Å²) in [5.74, 6) is -0.632. The van der Waals surface area contributed by atoms with Crippen LogP contribution < -0.4 is 5.32 Å². The summed E-state index contributed by atoms with van der Waals surface area (Å²) in [6, 6.07) is 16.4. The van der Waals surface area contributed by atoms with Crippen molar-refractivity contribution in [3.05, 3.63) is 77.9 Å². The molecule has 0 radical (unpaired) electrons. The van der Waals surface area contributed by atoms with Crippen LogP contribution >= 0.6 is 0 Å². The maximum atomic E-state index is 12.5. The van der Waals surface area contributed by atoms with E-state index in [1.165, 1.54) is 5.56 Å². The first-order valence-corrected chi connectivity index (χ1v) is 10.3. The fourth-order valence-electron chi connectivity index (χ4n) is 3.89. The van der Waals surface area contributed by atoms with Crippen molar-refractivity contribution in [2.45, 2.75) is 32.2 Å². The van der Waals surface area contributed by atoms with Crippen LogP contribution in [0.3, 0.4) is 0 Å². The van der Waals surface area contributed by atoms with Gasteiger partial charge in [0.25, 0.3) is 0 Å². The zero-order valence-electron chi connectivity index (χ0n) is 17.1. The SMILES string of the molecule is Cc1ccc(-c2cccc(CNC(=O)C(=O)N3CCC(c4cnc[nH]4)CC3)c2)cc1. The van der Waals surface area contributed by atoms with E-state index in [-0.39, 0.29) is 0 Å². The Bertz CT molecular complexity index is 1000. The Morgan fingerprint density at radius 3 is 2.57 bits per heavy atom. The number of nitrogens with zero attached hydrogens (tertiary/aromatic N) is 2. The first kappa shape index (κ1) is 19.9. The minimum atomic E-state index is -0.546. The second-order valence-electron chi connectivity index (χ2n) is 7.82. The van der Waals surface area contributed by atoms with Crippen molar-refractivity contribution in [2.75, 3.05) is 13.1 Å². The molecule has 6 nitrogen and oxygen atoms in total. The molecule has 0 aliphatic carbocycles. The summed E-state index contributed by atoms with van der Waals surface area (Å²) in [5.41, 5.74) is 5.50. The highest BCUT2D eigenvalue weighted by Gasteiger charge is 2.28. The molecule has 2 amide bonds. The van der Waals surface area contributed by atoms with Crippen LogP contribution in [0.1, 0.15) is 35.6 Å². The Morgan fingerprint density at radius 1 is 1.10 bits per heavy atom. The molecular weight excluding hydrogens is 376 g/mol. The molecule has 154 valence electrons. The number of hydrogen-bond donors (Lipinski definition) is 2. The van der Waals surface area contributed by atoms with Gasteiger partial charge in [-0.1, -0.05) is 48.0 Å². The van der Waals surface area contributed by atoms with Crippen molar-refractivity contribution < 1.29 is 9.59 Å². The van der Waals surface area contributed by atoms with E-state index in [0.717, 1.165) is 35.2 Å². The maximum absolute atomic E-state index is 12.5. The van der Waals surface area contributed by atoms with E-state index in [2.05, 4.69) is 46.5 Å². The Hall–Kier alpha value is -3.41. The lowest BCUT2D eigenvalue weighted by atomic mass is 9.94. The van der Waals surface area contributed by atoms with E-state index in [1.807, 2.05) is 30.5 Å². The average Bonchev–Trinajstić information content (AvgIpc) is 3.33. The van der Waals surface area contributed by atoms with Gasteiger partial charge in [0, 0.05) is 37.4 Å². The minimum Gasteiger partial charge on any atom is -0.348 e. The van der Waals surface area contributed by atoms with E-state index in [0.29, 0.717) is 25.6 Å². The van der Waals surface area contributed by atoms with Crippen LogP contribution in [0.2, 0.25) is 0 Å². The normalized spacial score (nSPS) is 14.5. The van der Waals surface area contributed by atoms with Crippen LogP contribution in [-0.4, -0.2) is 39.8 Å². The molecule has 0 spiro atoms. The number of H-pyrrole nitrogens is 1. The summed E-state index contributed by atoms with van der Waals surface area (Å²) in [4.78, 5) is 33.8. The largest absolute Gasteiger partial charge is 0.348 e. The summed E-state index contributed by atoms with van der Waals surface area (Å²) in [5, 5.41) is 2.78. The van der Waals surface area contributed by atoms with Crippen molar-refractivity contribution in [2.24, 2.45) is 0 Å². The number of hydrogen-bond acceptors (Lipinski definition) is 3. The van der Waals surface area contributed by atoms with Gasteiger partial charge in [0.1, 0.15) is 0 Å². The molecule has 3 aromatic rings. The second-order valence-corrected chi connectivity index (χ2v) is 7.82. The zero-order chi connectivity index (χ0) is 20.9. The van der Waals surface area contributed by atoms with Crippen molar-refractivity contribution in [1.82, 2.24) is 20.2 Å². The van der Waals surface area contributed by atoms with Crippen molar-refractivity contribution in [1.29, 1.82) is 0 Å². The monoisotopic (exact) mass is 402 g/mol. The van der Waals surface area contributed by atoms with Gasteiger partial charge in [0.15, 0.2) is 0 Å². The number of aromatic nitrogens is 2. The lowest BCUT2D eigenvalue weighted by molar-refractivity contribution is -0.146. The van der Waals surface area contributed by atoms with E-state index < -0.39 is 11.8 Å². The van der Waals surface area contributed by atoms with Gasteiger partial charge in [-0.05, 0) is 42.5 Å². The maximum Gasteiger partial charge on any atom is 0.311 e. The number of imidazole rings is 1. The molecule has 0 atom stereocenters. The number of carbonyl (C=O) groups excluding carboxylic acids is 2. The highest BCUT2D eigenvalue weighted by Crippen LogP contribution is 2.26. The van der Waals surface area contributed by atoms with Crippen LogP contribution in [0, 0.1) is 6.92 Å². The predicted octanol–water partition coefficient (Wildman–Crippen LogP) is 3.41. The molecule has 2 N–H and O–H groups in total. The number of carbonyl (C=O) groups is 2. The van der Waals surface area contributed by atoms with Gasteiger partial charge in [-0.3, -0.25) is 9.59 Å². The van der Waals surface area contributed by atoms with Crippen molar-refractivity contribution in [3.63, 3.8) is 0 Å². The third kappa shape index (κ3) is 4.59. The smallest absolute Gasteiger partial charge is 0.311 e. The summed E-state index contributed by atoms with van der Waals surface area (Å²) in [6.07, 6.45) is 5.17. The predicted molar refractivity (Wildman–Crippen MR) is 116 cm³/mol. The van der Waals surface area contributed by atoms with E-state index >= 15 is 0 Å². The Balaban J connectivity index is 1.31. The Morgan fingerprint density at radius 2 is 1.87 bits per heavy atom. The molecule has 1 aliphatic rings. The van der Waals surface area contributed by atoms with E-state index in [4.69, 9.17) is 0 Å². The lowest BCUT2D eigenvalue weighted by Gasteiger charge is -2.31. The van der Waals surface area contributed by atoms with Gasteiger partial charge in [-0.2, -0.15) is 0 Å². The molecule has 30 heavy (non-hydrogen) atoms. The number of aryl methyl sites for hydroxylation is 1.